The van der Waals surface area contributed by atoms with Crippen molar-refractivity contribution in [3.05, 3.63) is 34.9 Å². The Labute approximate surface area is 124 Å². The first-order valence-electron chi connectivity index (χ1n) is 6.97. The molecule has 0 saturated heterocycles. The van der Waals surface area contributed by atoms with E-state index in [0.717, 1.165) is 11.1 Å². The molecule has 0 aliphatic rings. The Morgan fingerprint density at radius 1 is 1.14 bits per heavy atom. The Hall–Kier alpha value is -2.17. The van der Waals surface area contributed by atoms with Gasteiger partial charge >= 0.3 is 5.97 Å². The number of carboxylic acids is 1. The zero-order valence-corrected chi connectivity index (χ0v) is 12.6. The van der Waals surface area contributed by atoms with E-state index in [1.54, 1.807) is 13.0 Å². The first-order chi connectivity index (χ1) is 9.85. The fourth-order valence-electron chi connectivity index (χ4n) is 1.89. The molecule has 114 valence electrons. The SMILES string of the molecule is CCC(NC(=O)CCC(=O)c1ccc(C)c(C)c1)C(=O)O. The van der Waals surface area contributed by atoms with Crippen LogP contribution < -0.4 is 5.32 Å². The predicted molar refractivity (Wildman–Crippen MR) is 79.3 cm³/mol. The lowest BCUT2D eigenvalue weighted by molar-refractivity contribution is -0.141. The number of carbonyl (C=O) groups excluding carboxylic acids is 2. The van der Waals surface area contributed by atoms with Crippen molar-refractivity contribution in [3.63, 3.8) is 0 Å². The third kappa shape index (κ3) is 5.02. The first kappa shape index (κ1) is 16.9. The summed E-state index contributed by atoms with van der Waals surface area (Å²) in [6.45, 7) is 5.57. The van der Waals surface area contributed by atoms with Gasteiger partial charge in [-0.15, -0.1) is 0 Å². The second-order valence-corrected chi connectivity index (χ2v) is 5.09. The molecule has 21 heavy (non-hydrogen) atoms. The molecule has 1 amide bonds. The van der Waals surface area contributed by atoms with Crippen LogP contribution in [-0.2, 0) is 9.59 Å². The fraction of sp³-hybridized carbons (Fsp3) is 0.438. The largest absolute Gasteiger partial charge is 0.480 e. The van der Waals surface area contributed by atoms with Gasteiger partial charge in [-0.05, 0) is 37.5 Å². The van der Waals surface area contributed by atoms with Crippen LogP contribution in [0.15, 0.2) is 18.2 Å². The van der Waals surface area contributed by atoms with Crippen molar-refractivity contribution in [3.8, 4) is 0 Å². The standard InChI is InChI=1S/C16H21NO4/c1-4-13(16(20)21)17-15(19)8-7-14(18)12-6-5-10(2)11(3)9-12/h5-6,9,13H,4,7-8H2,1-3H3,(H,17,19)(H,20,21). The summed E-state index contributed by atoms with van der Waals surface area (Å²) in [7, 11) is 0. The van der Waals surface area contributed by atoms with Crippen molar-refractivity contribution in [2.45, 2.75) is 46.1 Å². The molecule has 0 heterocycles. The number of rotatable bonds is 7. The molecule has 1 unspecified atom stereocenters. The minimum atomic E-state index is -1.06. The molecule has 5 nitrogen and oxygen atoms in total. The van der Waals surface area contributed by atoms with E-state index >= 15 is 0 Å². The Morgan fingerprint density at radius 2 is 1.81 bits per heavy atom. The van der Waals surface area contributed by atoms with Crippen LogP contribution in [0.2, 0.25) is 0 Å². The molecule has 0 aromatic heterocycles. The smallest absolute Gasteiger partial charge is 0.326 e. The third-order valence-corrected chi connectivity index (χ3v) is 3.45. The lowest BCUT2D eigenvalue weighted by atomic mass is 10.0. The van der Waals surface area contributed by atoms with Crippen molar-refractivity contribution in [1.29, 1.82) is 0 Å². The number of ketones is 1. The number of hydrogen-bond donors (Lipinski definition) is 2. The summed E-state index contributed by atoms with van der Waals surface area (Å²) in [4.78, 5) is 34.5. The van der Waals surface area contributed by atoms with E-state index in [9.17, 15) is 14.4 Å². The minimum Gasteiger partial charge on any atom is -0.480 e. The summed E-state index contributed by atoms with van der Waals surface area (Å²) in [6, 6.07) is 4.53. The molecule has 0 saturated carbocycles. The highest BCUT2D eigenvalue weighted by molar-refractivity contribution is 5.98. The number of nitrogens with one attached hydrogen (secondary N) is 1. The Bertz CT molecular complexity index is 551. The fourth-order valence-corrected chi connectivity index (χ4v) is 1.89. The Morgan fingerprint density at radius 3 is 2.33 bits per heavy atom. The van der Waals surface area contributed by atoms with Crippen LogP contribution in [0.3, 0.4) is 0 Å². The van der Waals surface area contributed by atoms with E-state index in [1.165, 1.54) is 0 Å². The van der Waals surface area contributed by atoms with Gasteiger partial charge in [0.15, 0.2) is 5.78 Å². The number of carbonyl (C=O) groups is 3. The molecule has 0 radical (unpaired) electrons. The highest BCUT2D eigenvalue weighted by Gasteiger charge is 2.18. The average Bonchev–Trinajstić information content (AvgIpc) is 2.44. The van der Waals surface area contributed by atoms with E-state index in [-0.39, 0.29) is 18.6 Å². The van der Waals surface area contributed by atoms with Crippen molar-refractivity contribution in [2.75, 3.05) is 0 Å². The van der Waals surface area contributed by atoms with Gasteiger partial charge in [0.1, 0.15) is 6.04 Å². The van der Waals surface area contributed by atoms with Gasteiger partial charge < -0.3 is 10.4 Å². The van der Waals surface area contributed by atoms with Gasteiger partial charge in [-0.3, -0.25) is 9.59 Å². The Kier molecular flexibility index (Phi) is 6.09. The van der Waals surface area contributed by atoms with Crippen LogP contribution in [0.5, 0.6) is 0 Å². The first-order valence-corrected chi connectivity index (χ1v) is 6.97. The quantitative estimate of drug-likeness (QED) is 0.755. The summed E-state index contributed by atoms with van der Waals surface area (Å²) < 4.78 is 0. The molecule has 2 N–H and O–H groups in total. The van der Waals surface area contributed by atoms with E-state index in [1.807, 2.05) is 26.0 Å². The molecule has 0 fully saturated rings. The van der Waals surface area contributed by atoms with Crippen LogP contribution in [-0.4, -0.2) is 28.8 Å². The molecule has 0 aliphatic carbocycles. The van der Waals surface area contributed by atoms with E-state index < -0.39 is 17.9 Å². The molecule has 1 aromatic rings. The topological polar surface area (TPSA) is 83.5 Å². The molecule has 1 aromatic carbocycles. The molecular weight excluding hydrogens is 270 g/mol. The maximum atomic E-state index is 12.0. The van der Waals surface area contributed by atoms with Crippen LogP contribution in [0, 0.1) is 13.8 Å². The number of carboxylic acid groups (broad SMARTS) is 1. The van der Waals surface area contributed by atoms with Crippen LogP contribution in [0.1, 0.15) is 47.7 Å². The van der Waals surface area contributed by atoms with Gasteiger partial charge in [0.25, 0.3) is 0 Å². The van der Waals surface area contributed by atoms with Gasteiger partial charge in [-0.2, -0.15) is 0 Å². The number of amides is 1. The van der Waals surface area contributed by atoms with Gasteiger partial charge in [0.2, 0.25) is 5.91 Å². The van der Waals surface area contributed by atoms with E-state index in [4.69, 9.17) is 5.11 Å². The van der Waals surface area contributed by atoms with Crippen molar-refractivity contribution < 1.29 is 19.5 Å². The third-order valence-electron chi connectivity index (χ3n) is 3.45. The second kappa shape index (κ2) is 7.57. The molecular formula is C16H21NO4. The van der Waals surface area contributed by atoms with Crippen molar-refractivity contribution in [1.82, 2.24) is 5.32 Å². The summed E-state index contributed by atoms with van der Waals surface area (Å²) in [5.41, 5.74) is 2.72. The van der Waals surface area contributed by atoms with E-state index in [0.29, 0.717) is 12.0 Å². The van der Waals surface area contributed by atoms with Crippen molar-refractivity contribution in [2.24, 2.45) is 0 Å². The van der Waals surface area contributed by atoms with Crippen LogP contribution in [0.25, 0.3) is 0 Å². The van der Waals surface area contributed by atoms with Crippen LogP contribution in [0.4, 0.5) is 0 Å². The summed E-state index contributed by atoms with van der Waals surface area (Å²) >= 11 is 0. The molecule has 0 aliphatic heterocycles. The van der Waals surface area contributed by atoms with Crippen LogP contribution >= 0.6 is 0 Å². The predicted octanol–water partition coefficient (Wildman–Crippen LogP) is 2.25. The highest BCUT2D eigenvalue weighted by Crippen LogP contribution is 2.12. The summed E-state index contributed by atoms with van der Waals surface area (Å²) in [5.74, 6) is -1.59. The van der Waals surface area contributed by atoms with Gasteiger partial charge in [0, 0.05) is 18.4 Å². The maximum Gasteiger partial charge on any atom is 0.326 e. The van der Waals surface area contributed by atoms with E-state index in [2.05, 4.69) is 5.32 Å². The minimum absolute atomic E-state index is 0.00443. The molecule has 1 atom stereocenters. The van der Waals surface area contributed by atoms with Gasteiger partial charge in [0.05, 0.1) is 0 Å². The zero-order chi connectivity index (χ0) is 16.0. The normalized spacial score (nSPS) is 11.8. The number of aliphatic carboxylic acids is 1. The molecule has 0 bridgehead atoms. The molecule has 1 rings (SSSR count). The molecule has 0 spiro atoms. The summed E-state index contributed by atoms with van der Waals surface area (Å²) in [5, 5.41) is 11.3. The Balaban J connectivity index is 2.54. The number of benzene rings is 1. The van der Waals surface area contributed by atoms with Gasteiger partial charge in [-0.25, -0.2) is 4.79 Å². The number of aryl methyl sites for hydroxylation is 2. The monoisotopic (exact) mass is 291 g/mol. The number of hydrogen-bond acceptors (Lipinski definition) is 3. The number of Topliss-reactive ketones (excluding diaryl/α,β-unsaturated/α-hetero) is 1. The van der Waals surface area contributed by atoms with Crippen molar-refractivity contribution >= 4 is 17.7 Å². The maximum absolute atomic E-state index is 12.0. The lowest BCUT2D eigenvalue weighted by Crippen LogP contribution is -2.40. The zero-order valence-electron chi connectivity index (χ0n) is 12.6. The molecule has 5 heteroatoms. The average molecular weight is 291 g/mol. The summed E-state index contributed by atoms with van der Waals surface area (Å²) in [6.07, 6.45) is 0.381. The highest BCUT2D eigenvalue weighted by atomic mass is 16.4. The second-order valence-electron chi connectivity index (χ2n) is 5.09. The van der Waals surface area contributed by atoms with Gasteiger partial charge in [-0.1, -0.05) is 19.1 Å². The lowest BCUT2D eigenvalue weighted by Gasteiger charge is -2.12.